The van der Waals surface area contributed by atoms with Crippen LogP contribution in [0.25, 0.3) is 0 Å². The molecule has 0 aliphatic rings. The molecule has 1 rings (SSSR count). The highest BCUT2D eigenvalue weighted by Crippen LogP contribution is 2.17. The first-order valence-corrected chi connectivity index (χ1v) is 5.05. The van der Waals surface area contributed by atoms with Gasteiger partial charge in [-0.2, -0.15) is 0 Å². The molecule has 0 amide bonds. The normalized spacial score (nSPS) is 11.5. The Morgan fingerprint density at radius 2 is 2.25 bits per heavy atom. The van der Waals surface area contributed by atoms with E-state index < -0.39 is 0 Å². The molecule has 1 aromatic carbocycles. The molecule has 0 aliphatic heterocycles. The van der Waals surface area contributed by atoms with Gasteiger partial charge in [0.05, 0.1) is 13.2 Å². The molecule has 0 fully saturated rings. The lowest BCUT2D eigenvalue weighted by Gasteiger charge is -2.09. The molecule has 5 N–H and O–H groups in total. The molecule has 0 saturated carbocycles. The Balaban J connectivity index is 2.92. The van der Waals surface area contributed by atoms with E-state index in [-0.39, 0.29) is 0 Å². The summed E-state index contributed by atoms with van der Waals surface area (Å²) in [5, 5.41) is 3.05. The predicted molar refractivity (Wildman–Crippen MR) is 67.9 cm³/mol. The summed E-state index contributed by atoms with van der Waals surface area (Å²) < 4.78 is 4.91. The van der Waals surface area contributed by atoms with Gasteiger partial charge in [0, 0.05) is 31.1 Å². The van der Waals surface area contributed by atoms with Gasteiger partial charge in [0.25, 0.3) is 0 Å². The largest absolute Gasteiger partial charge is 0.399 e. The maximum absolute atomic E-state index is 5.88. The van der Waals surface area contributed by atoms with E-state index in [1.807, 2.05) is 19.2 Å². The summed E-state index contributed by atoms with van der Waals surface area (Å²) in [6.07, 6.45) is 0. The Hall–Kier alpha value is -1.75. The van der Waals surface area contributed by atoms with Crippen molar-refractivity contribution in [3.05, 3.63) is 23.8 Å². The highest BCUT2D eigenvalue weighted by molar-refractivity contribution is 6.03. The van der Waals surface area contributed by atoms with Crippen molar-refractivity contribution in [2.75, 3.05) is 38.4 Å². The molecule has 16 heavy (non-hydrogen) atoms. The molecule has 0 spiro atoms. The van der Waals surface area contributed by atoms with Crippen LogP contribution in [0.15, 0.2) is 23.2 Å². The molecular weight excluding hydrogens is 204 g/mol. The first-order valence-electron chi connectivity index (χ1n) is 5.05. The Labute approximate surface area is 95.5 Å². The fourth-order valence-corrected chi connectivity index (χ4v) is 1.33. The minimum atomic E-state index is 0.466. The first kappa shape index (κ1) is 12.3. The maximum atomic E-state index is 5.88. The van der Waals surface area contributed by atoms with Crippen LogP contribution in [0, 0.1) is 0 Å². The topological polar surface area (TPSA) is 85.7 Å². The second-order valence-electron chi connectivity index (χ2n) is 3.31. The lowest BCUT2D eigenvalue weighted by Crippen LogP contribution is -2.17. The summed E-state index contributed by atoms with van der Waals surface area (Å²) in [6, 6.07) is 5.50. The minimum Gasteiger partial charge on any atom is -0.399 e. The maximum Gasteiger partial charge on any atom is 0.127 e. The molecule has 0 radical (unpaired) electrons. The third-order valence-electron chi connectivity index (χ3n) is 2.17. The smallest absolute Gasteiger partial charge is 0.127 e. The summed E-state index contributed by atoms with van der Waals surface area (Å²) in [6.45, 7) is 1.10. The van der Waals surface area contributed by atoms with Crippen LogP contribution in [0.2, 0.25) is 0 Å². The average molecular weight is 222 g/mol. The van der Waals surface area contributed by atoms with Crippen molar-refractivity contribution in [2.45, 2.75) is 0 Å². The number of rotatable bonds is 5. The number of amidine groups is 1. The number of anilines is 2. The third kappa shape index (κ3) is 3.13. The van der Waals surface area contributed by atoms with Gasteiger partial charge in [-0.15, -0.1) is 0 Å². The fourth-order valence-electron chi connectivity index (χ4n) is 1.33. The summed E-state index contributed by atoms with van der Waals surface area (Å²) in [5.41, 5.74) is 14.0. The molecule has 0 bridgehead atoms. The molecule has 0 heterocycles. The van der Waals surface area contributed by atoms with Gasteiger partial charge in [-0.3, -0.25) is 4.99 Å². The van der Waals surface area contributed by atoms with Crippen molar-refractivity contribution in [1.29, 1.82) is 0 Å². The summed E-state index contributed by atoms with van der Waals surface area (Å²) in [4.78, 5) is 4.21. The van der Waals surface area contributed by atoms with Crippen LogP contribution in [0.4, 0.5) is 11.4 Å². The van der Waals surface area contributed by atoms with Crippen LogP contribution in [0.3, 0.4) is 0 Å². The van der Waals surface area contributed by atoms with Gasteiger partial charge in [0.1, 0.15) is 5.84 Å². The number of hydrogen-bond donors (Lipinski definition) is 3. The van der Waals surface area contributed by atoms with Gasteiger partial charge in [0.2, 0.25) is 0 Å². The number of nitrogens with two attached hydrogens (primary N) is 2. The number of benzene rings is 1. The molecule has 5 heteroatoms. The van der Waals surface area contributed by atoms with Crippen molar-refractivity contribution in [3.8, 4) is 0 Å². The van der Waals surface area contributed by atoms with E-state index in [4.69, 9.17) is 16.2 Å². The molecule has 1 aromatic rings. The lowest BCUT2D eigenvalue weighted by molar-refractivity contribution is 0.208. The van der Waals surface area contributed by atoms with Gasteiger partial charge in [-0.05, 0) is 18.2 Å². The van der Waals surface area contributed by atoms with E-state index in [0.29, 0.717) is 24.7 Å². The molecular formula is C11H18N4O. The van der Waals surface area contributed by atoms with Gasteiger partial charge in [0.15, 0.2) is 0 Å². The first-order chi connectivity index (χ1) is 7.69. The number of aliphatic imine (C=N–C) groups is 1. The van der Waals surface area contributed by atoms with Crippen molar-refractivity contribution in [3.63, 3.8) is 0 Å². The molecule has 0 unspecified atom stereocenters. The predicted octanol–water partition coefficient (Wildman–Crippen LogP) is 0.662. The number of hydrogen-bond acceptors (Lipinski definition) is 4. The van der Waals surface area contributed by atoms with Crippen LogP contribution < -0.4 is 16.8 Å². The van der Waals surface area contributed by atoms with Gasteiger partial charge >= 0.3 is 0 Å². The summed E-state index contributed by atoms with van der Waals surface area (Å²) in [5.74, 6) is 0.466. The number of nitrogens with one attached hydrogen (secondary N) is 1. The van der Waals surface area contributed by atoms with Crippen LogP contribution in [-0.4, -0.2) is 33.1 Å². The van der Waals surface area contributed by atoms with Crippen LogP contribution in [-0.2, 0) is 4.74 Å². The van der Waals surface area contributed by atoms with Crippen molar-refractivity contribution < 1.29 is 4.74 Å². The second-order valence-corrected chi connectivity index (χ2v) is 3.31. The van der Waals surface area contributed by atoms with Crippen molar-refractivity contribution in [2.24, 2.45) is 10.7 Å². The lowest BCUT2D eigenvalue weighted by atomic mass is 10.1. The van der Waals surface area contributed by atoms with Crippen molar-refractivity contribution in [1.82, 2.24) is 0 Å². The highest BCUT2D eigenvalue weighted by atomic mass is 16.5. The highest BCUT2D eigenvalue weighted by Gasteiger charge is 2.05. The van der Waals surface area contributed by atoms with E-state index in [9.17, 15) is 0 Å². The number of nitrogens with zero attached hydrogens (tertiary/aromatic N) is 1. The van der Waals surface area contributed by atoms with E-state index in [0.717, 1.165) is 11.3 Å². The standard InChI is InChI=1S/C11H18N4O/c1-14-10-4-3-8(12)7-9(10)11(13)15-5-6-16-2/h3-4,7,14H,5-6,12H2,1-2H3,(H2,13,15). The third-order valence-corrected chi connectivity index (χ3v) is 2.17. The van der Waals surface area contributed by atoms with Gasteiger partial charge in [-0.1, -0.05) is 0 Å². The zero-order chi connectivity index (χ0) is 12.0. The molecule has 0 aromatic heterocycles. The molecule has 88 valence electrons. The number of nitrogen functional groups attached to an aromatic ring is 1. The van der Waals surface area contributed by atoms with Crippen LogP contribution >= 0.6 is 0 Å². The van der Waals surface area contributed by atoms with E-state index in [1.54, 1.807) is 13.2 Å². The SMILES string of the molecule is CNc1ccc(N)cc1C(N)=NCCOC. The summed E-state index contributed by atoms with van der Waals surface area (Å²) >= 11 is 0. The molecule has 0 aliphatic carbocycles. The monoisotopic (exact) mass is 222 g/mol. The number of methoxy groups -OCH3 is 1. The second kappa shape index (κ2) is 5.97. The molecule has 0 saturated heterocycles. The van der Waals surface area contributed by atoms with E-state index in [2.05, 4.69) is 10.3 Å². The van der Waals surface area contributed by atoms with E-state index >= 15 is 0 Å². The van der Waals surface area contributed by atoms with Crippen molar-refractivity contribution >= 4 is 17.2 Å². The Morgan fingerprint density at radius 1 is 1.50 bits per heavy atom. The van der Waals surface area contributed by atoms with Crippen LogP contribution in [0.5, 0.6) is 0 Å². The van der Waals surface area contributed by atoms with Crippen LogP contribution in [0.1, 0.15) is 5.56 Å². The average Bonchev–Trinajstić information content (AvgIpc) is 2.29. The quantitative estimate of drug-likeness (QED) is 0.296. The number of ether oxygens (including phenoxy) is 1. The van der Waals surface area contributed by atoms with Gasteiger partial charge < -0.3 is 21.5 Å². The Kier molecular flexibility index (Phi) is 4.60. The fraction of sp³-hybridized carbons (Fsp3) is 0.364. The van der Waals surface area contributed by atoms with E-state index in [1.165, 1.54) is 0 Å². The van der Waals surface area contributed by atoms with Gasteiger partial charge in [-0.25, -0.2) is 0 Å². The zero-order valence-corrected chi connectivity index (χ0v) is 9.66. The minimum absolute atomic E-state index is 0.466. The zero-order valence-electron chi connectivity index (χ0n) is 9.66. The Bertz CT molecular complexity index is 376. The summed E-state index contributed by atoms with van der Waals surface area (Å²) in [7, 11) is 3.46. The molecule has 5 nitrogen and oxygen atoms in total. The molecule has 0 atom stereocenters. The Morgan fingerprint density at radius 3 is 2.88 bits per heavy atom.